The van der Waals surface area contributed by atoms with E-state index in [4.69, 9.17) is 16.3 Å². The molecule has 0 unspecified atom stereocenters. The Balaban J connectivity index is 2.02. The first kappa shape index (κ1) is 13.2. The molecule has 0 atom stereocenters. The van der Waals surface area contributed by atoms with Crippen LogP contribution in [0, 0.1) is 0 Å². The molecule has 0 aromatic heterocycles. The van der Waals surface area contributed by atoms with Crippen LogP contribution in [0.3, 0.4) is 0 Å². The van der Waals surface area contributed by atoms with Gasteiger partial charge in [-0.15, -0.1) is 0 Å². The van der Waals surface area contributed by atoms with Gasteiger partial charge in [0.25, 0.3) is 0 Å². The third-order valence-corrected chi connectivity index (χ3v) is 3.67. The number of rotatable bonds is 5. The van der Waals surface area contributed by atoms with E-state index in [-0.39, 0.29) is 5.60 Å². The van der Waals surface area contributed by atoms with Crippen LogP contribution in [0.1, 0.15) is 26.7 Å². The van der Waals surface area contributed by atoms with Crippen LogP contribution in [0.25, 0.3) is 0 Å². The molecule has 2 rings (SSSR count). The van der Waals surface area contributed by atoms with Gasteiger partial charge in [0.2, 0.25) is 0 Å². The zero-order valence-electron chi connectivity index (χ0n) is 10.1. The first-order valence-corrected chi connectivity index (χ1v) is 7.05. The van der Waals surface area contributed by atoms with E-state index in [1.54, 1.807) is 0 Å². The Kier molecular flexibility index (Phi) is 4.01. The molecule has 2 nitrogen and oxygen atoms in total. The van der Waals surface area contributed by atoms with Crippen LogP contribution in [-0.4, -0.2) is 18.2 Å². The molecule has 1 aromatic carbocycles. The normalized spacial score (nSPS) is 17.2. The molecule has 0 amide bonds. The Morgan fingerprint density at radius 1 is 1.47 bits per heavy atom. The summed E-state index contributed by atoms with van der Waals surface area (Å²) in [7, 11) is 0. The molecule has 1 N–H and O–H groups in total. The average Bonchev–Trinajstić information content (AvgIpc) is 3.02. The molecule has 1 saturated carbocycles. The summed E-state index contributed by atoms with van der Waals surface area (Å²) < 4.78 is 7.04. The SMILES string of the molecule is CC(C)NCC1(Oc2cc(Br)ccc2Cl)CC1. The summed E-state index contributed by atoms with van der Waals surface area (Å²) in [6.45, 7) is 5.16. The highest BCUT2D eigenvalue weighted by Gasteiger charge is 2.45. The molecular formula is C13H17BrClNO. The van der Waals surface area contributed by atoms with E-state index < -0.39 is 0 Å². The molecule has 0 radical (unpaired) electrons. The predicted molar refractivity (Wildman–Crippen MR) is 74.9 cm³/mol. The Labute approximate surface area is 116 Å². The Bertz CT molecular complexity index is 404. The first-order valence-electron chi connectivity index (χ1n) is 5.88. The minimum Gasteiger partial charge on any atom is -0.484 e. The fourth-order valence-electron chi connectivity index (χ4n) is 1.63. The van der Waals surface area contributed by atoms with Gasteiger partial charge < -0.3 is 10.1 Å². The van der Waals surface area contributed by atoms with Gasteiger partial charge in [-0.05, 0) is 31.0 Å². The molecule has 0 heterocycles. The second-order valence-corrected chi connectivity index (χ2v) is 6.22. The molecular weight excluding hydrogens is 302 g/mol. The van der Waals surface area contributed by atoms with Crippen LogP contribution in [0.5, 0.6) is 5.75 Å². The van der Waals surface area contributed by atoms with Gasteiger partial charge in [0.05, 0.1) is 5.02 Å². The van der Waals surface area contributed by atoms with Crippen molar-refractivity contribution in [3.8, 4) is 5.75 Å². The van der Waals surface area contributed by atoms with Gasteiger partial charge in [0.15, 0.2) is 0 Å². The fourth-order valence-corrected chi connectivity index (χ4v) is 2.13. The van der Waals surface area contributed by atoms with Crippen LogP contribution in [0.4, 0.5) is 0 Å². The van der Waals surface area contributed by atoms with Crippen molar-refractivity contribution in [2.75, 3.05) is 6.54 Å². The summed E-state index contributed by atoms with van der Waals surface area (Å²) in [5, 5.41) is 4.09. The van der Waals surface area contributed by atoms with Crippen molar-refractivity contribution in [2.45, 2.75) is 38.3 Å². The summed E-state index contributed by atoms with van der Waals surface area (Å²) in [4.78, 5) is 0. The van der Waals surface area contributed by atoms with E-state index in [0.29, 0.717) is 11.1 Å². The predicted octanol–water partition coefficient (Wildman–Crippen LogP) is 4.01. The van der Waals surface area contributed by atoms with Crippen molar-refractivity contribution in [1.82, 2.24) is 5.32 Å². The fraction of sp³-hybridized carbons (Fsp3) is 0.538. The van der Waals surface area contributed by atoms with Crippen molar-refractivity contribution in [2.24, 2.45) is 0 Å². The quantitative estimate of drug-likeness (QED) is 0.885. The molecule has 1 aromatic rings. The maximum atomic E-state index is 6.13. The number of nitrogens with one attached hydrogen (secondary N) is 1. The molecule has 1 aliphatic carbocycles. The summed E-state index contributed by atoms with van der Waals surface area (Å²) >= 11 is 9.56. The maximum absolute atomic E-state index is 6.13. The molecule has 1 aliphatic rings. The van der Waals surface area contributed by atoms with E-state index in [9.17, 15) is 0 Å². The van der Waals surface area contributed by atoms with Crippen molar-refractivity contribution < 1.29 is 4.74 Å². The zero-order valence-corrected chi connectivity index (χ0v) is 12.4. The van der Waals surface area contributed by atoms with Crippen LogP contribution >= 0.6 is 27.5 Å². The van der Waals surface area contributed by atoms with Crippen LogP contribution in [0.2, 0.25) is 5.02 Å². The largest absolute Gasteiger partial charge is 0.484 e. The number of halogens is 2. The average molecular weight is 319 g/mol. The van der Waals surface area contributed by atoms with Gasteiger partial charge in [-0.25, -0.2) is 0 Å². The monoisotopic (exact) mass is 317 g/mol. The second kappa shape index (κ2) is 5.17. The zero-order chi connectivity index (χ0) is 12.5. The highest BCUT2D eigenvalue weighted by molar-refractivity contribution is 9.10. The molecule has 17 heavy (non-hydrogen) atoms. The minimum atomic E-state index is -0.0469. The van der Waals surface area contributed by atoms with E-state index in [1.807, 2.05) is 18.2 Å². The number of benzene rings is 1. The summed E-state index contributed by atoms with van der Waals surface area (Å²) in [6, 6.07) is 6.18. The molecule has 0 saturated heterocycles. The standard InChI is InChI=1S/C13H17BrClNO/c1-9(2)16-8-13(5-6-13)17-12-7-10(14)3-4-11(12)15/h3-4,7,9,16H,5-6,8H2,1-2H3. The van der Waals surface area contributed by atoms with Gasteiger partial charge in [0, 0.05) is 17.1 Å². The van der Waals surface area contributed by atoms with Gasteiger partial charge in [-0.1, -0.05) is 41.4 Å². The summed E-state index contributed by atoms with van der Waals surface area (Å²) in [5.74, 6) is 0.768. The van der Waals surface area contributed by atoms with Gasteiger partial charge >= 0.3 is 0 Å². The van der Waals surface area contributed by atoms with Crippen LogP contribution in [-0.2, 0) is 0 Å². The lowest BCUT2D eigenvalue weighted by molar-refractivity contribution is 0.172. The minimum absolute atomic E-state index is 0.0469. The molecule has 0 spiro atoms. The maximum Gasteiger partial charge on any atom is 0.139 e. The smallest absolute Gasteiger partial charge is 0.139 e. The summed E-state index contributed by atoms with van der Waals surface area (Å²) in [5.41, 5.74) is -0.0469. The Hall–Kier alpha value is -0.250. The highest BCUT2D eigenvalue weighted by Crippen LogP contribution is 2.42. The third kappa shape index (κ3) is 3.60. The number of ether oxygens (including phenoxy) is 1. The van der Waals surface area contributed by atoms with Crippen molar-refractivity contribution >= 4 is 27.5 Å². The van der Waals surface area contributed by atoms with E-state index in [1.165, 1.54) is 0 Å². The topological polar surface area (TPSA) is 21.3 Å². The van der Waals surface area contributed by atoms with E-state index in [2.05, 4.69) is 35.1 Å². The summed E-state index contributed by atoms with van der Waals surface area (Å²) in [6.07, 6.45) is 2.19. The van der Waals surface area contributed by atoms with Crippen molar-refractivity contribution in [3.05, 3.63) is 27.7 Å². The Morgan fingerprint density at radius 2 is 2.18 bits per heavy atom. The van der Waals surface area contributed by atoms with E-state index >= 15 is 0 Å². The lowest BCUT2D eigenvalue weighted by Crippen LogP contribution is -2.37. The van der Waals surface area contributed by atoms with Crippen molar-refractivity contribution in [3.63, 3.8) is 0 Å². The lowest BCUT2D eigenvalue weighted by Gasteiger charge is -2.21. The van der Waals surface area contributed by atoms with Crippen molar-refractivity contribution in [1.29, 1.82) is 0 Å². The third-order valence-electron chi connectivity index (χ3n) is 2.86. The first-order chi connectivity index (χ1) is 8.01. The Morgan fingerprint density at radius 3 is 2.76 bits per heavy atom. The van der Waals surface area contributed by atoms with E-state index in [0.717, 1.165) is 29.6 Å². The van der Waals surface area contributed by atoms with Gasteiger partial charge in [-0.2, -0.15) is 0 Å². The molecule has 0 aliphatic heterocycles. The molecule has 4 heteroatoms. The van der Waals surface area contributed by atoms with Crippen LogP contribution < -0.4 is 10.1 Å². The highest BCUT2D eigenvalue weighted by atomic mass is 79.9. The van der Waals surface area contributed by atoms with Gasteiger partial charge in [0.1, 0.15) is 11.4 Å². The lowest BCUT2D eigenvalue weighted by atomic mass is 10.3. The van der Waals surface area contributed by atoms with Crippen LogP contribution in [0.15, 0.2) is 22.7 Å². The molecule has 1 fully saturated rings. The molecule has 0 bridgehead atoms. The molecule has 94 valence electrons. The second-order valence-electron chi connectivity index (χ2n) is 4.90. The van der Waals surface area contributed by atoms with Gasteiger partial charge in [-0.3, -0.25) is 0 Å². The number of hydrogen-bond donors (Lipinski definition) is 1. The number of hydrogen-bond acceptors (Lipinski definition) is 2.